The van der Waals surface area contributed by atoms with E-state index in [0.29, 0.717) is 18.7 Å². The van der Waals surface area contributed by atoms with E-state index in [2.05, 4.69) is 10.4 Å². The molecule has 2 heterocycles. The van der Waals surface area contributed by atoms with Crippen molar-refractivity contribution >= 4 is 17.5 Å². The van der Waals surface area contributed by atoms with E-state index in [4.69, 9.17) is 0 Å². The third-order valence-electron chi connectivity index (χ3n) is 5.57. The second-order valence-electron chi connectivity index (χ2n) is 7.88. The fourth-order valence-electron chi connectivity index (χ4n) is 3.85. The Hall–Kier alpha value is -3.41. The van der Waals surface area contributed by atoms with Crippen LogP contribution in [0.4, 0.5) is 5.69 Å². The summed E-state index contributed by atoms with van der Waals surface area (Å²) in [4.78, 5) is 27.5. The van der Waals surface area contributed by atoms with Crippen LogP contribution in [-0.2, 0) is 4.79 Å². The maximum Gasteiger partial charge on any atom is 0.253 e. The van der Waals surface area contributed by atoms with Crippen LogP contribution in [0.15, 0.2) is 60.8 Å². The number of aromatic nitrogens is 2. The van der Waals surface area contributed by atoms with Crippen LogP contribution in [0.1, 0.15) is 34.5 Å². The predicted octanol–water partition coefficient (Wildman–Crippen LogP) is 3.98. The fourth-order valence-corrected chi connectivity index (χ4v) is 3.85. The zero-order chi connectivity index (χ0) is 21.1. The molecule has 6 heteroatoms. The van der Waals surface area contributed by atoms with Crippen molar-refractivity contribution < 1.29 is 9.59 Å². The van der Waals surface area contributed by atoms with E-state index in [0.717, 1.165) is 35.5 Å². The first kappa shape index (κ1) is 19.9. The minimum absolute atomic E-state index is 0.0105. The van der Waals surface area contributed by atoms with E-state index in [9.17, 15) is 9.59 Å². The number of hydrogen-bond acceptors (Lipinski definition) is 3. The third-order valence-corrected chi connectivity index (χ3v) is 5.57. The van der Waals surface area contributed by atoms with Gasteiger partial charge in [-0.05, 0) is 63.1 Å². The van der Waals surface area contributed by atoms with Crippen molar-refractivity contribution in [2.75, 3.05) is 18.4 Å². The molecule has 1 saturated heterocycles. The van der Waals surface area contributed by atoms with Crippen LogP contribution in [0.3, 0.4) is 0 Å². The molecule has 1 aliphatic heterocycles. The fraction of sp³-hybridized carbons (Fsp3) is 0.292. The van der Waals surface area contributed by atoms with Crippen molar-refractivity contribution in [2.45, 2.75) is 26.7 Å². The molecular formula is C24H26N4O2. The molecule has 1 N–H and O–H groups in total. The average molecular weight is 402 g/mol. The zero-order valence-electron chi connectivity index (χ0n) is 17.3. The molecular weight excluding hydrogens is 376 g/mol. The highest BCUT2D eigenvalue weighted by molar-refractivity contribution is 5.96. The summed E-state index contributed by atoms with van der Waals surface area (Å²) in [7, 11) is 0. The Bertz CT molecular complexity index is 1060. The van der Waals surface area contributed by atoms with Gasteiger partial charge in [-0.3, -0.25) is 9.59 Å². The van der Waals surface area contributed by atoms with Crippen molar-refractivity contribution in [1.82, 2.24) is 14.7 Å². The van der Waals surface area contributed by atoms with Crippen molar-refractivity contribution in [3.63, 3.8) is 0 Å². The Morgan fingerprint density at radius 1 is 1.07 bits per heavy atom. The van der Waals surface area contributed by atoms with Gasteiger partial charge in [0.15, 0.2) is 0 Å². The Morgan fingerprint density at radius 2 is 1.87 bits per heavy atom. The quantitative estimate of drug-likeness (QED) is 0.718. The molecule has 30 heavy (non-hydrogen) atoms. The molecule has 1 aromatic heterocycles. The number of nitrogens with zero attached hydrogens (tertiary/aromatic N) is 3. The van der Waals surface area contributed by atoms with Gasteiger partial charge in [-0.15, -0.1) is 0 Å². The molecule has 3 aromatic rings. The zero-order valence-corrected chi connectivity index (χ0v) is 17.3. The Labute approximate surface area is 176 Å². The molecule has 0 bridgehead atoms. The van der Waals surface area contributed by atoms with Crippen LogP contribution < -0.4 is 5.32 Å². The molecule has 1 atom stereocenters. The van der Waals surface area contributed by atoms with Gasteiger partial charge in [-0.25, -0.2) is 4.68 Å². The highest BCUT2D eigenvalue weighted by atomic mass is 16.2. The number of carbonyl (C=O) groups excluding carboxylic acids is 2. The Balaban J connectivity index is 1.43. The van der Waals surface area contributed by atoms with Crippen LogP contribution >= 0.6 is 0 Å². The van der Waals surface area contributed by atoms with Crippen LogP contribution in [0.2, 0.25) is 0 Å². The lowest BCUT2D eigenvalue weighted by molar-refractivity contribution is -0.121. The van der Waals surface area contributed by atoms with Gasteiger partial charge in [-0.2, -0.15) is 5.10 Å². The molecule has 1 unspecified atom stereocenters. The number of piperidine rings is 1. The first-order valence-corrected chi connectivity index (χ1v) is 10.3. The molecule has 2 amide bonds. The van der Waals surface area contributed by atoms with Crippen molar-refractivity contribution in [1.29, 1.82) is 0 Å². The number of hydrogen-bond donors (Lipinski definition) is 1. The van der Waals surface area contributed by atoms with Crippen molar-refractivity contribution in [2.24, 2.45) is 5.92 Å². The summed E-state index contributed by atoms with van der Waals surface area (Å²) in [5.41, 5.74) is 4.44. The van der Waals surface area contributed by atoms with E-state index >= 15 is 0 Å². The standard InChI is InChI=1S/C24H26N4O2/c1-17-8-10-19(11-9-17)24(30)27-14-4-5-20(16-27)23(29)26-21-6-3-7-22(15-21)28-18(2)12-13-25-28/h3,6-13,15,20H,4-5,14,16H2,1-2H3,(H,26,29). The van der Waals surface area contributed by atoms with Crippen molar-refractivity contribution in [3.05, 3.63) is 77.6 Å². The number of nitrogens with one attached hydrogen (secondary N) is 1. The Kier molecular flexibility index (Phi) is 5.65. The lowest BCUT2D eigenvalue weighted by atomic mass is 9.96. The average Bonchev–Trinajstić information content (AvgIpc) is 3.20. The summed E-state index contributed by atoms with van der Waals surface area (Å²) >= 11 is 0. The monoisotopic (exact) mass is 402 g/mol. The second-order valence-corrected chi connectivity index (χ2v) is 7.88. The molecule has 0 saturated carbocycles. The lowest BCUT2D eigenvalue weighted by Crippen LogP contribution is -2.43. The smallest absolute Gasteiger partial charge is 0.253 e. The third kappa shape index (κ3) is 4.27. The van der Waals surface area contributed by atoms with E-state index in [-0.39, 0.29) is 17.7 Å². The largest absolute Gasteiger partial charge is 0.338 e. The molecule has 0 radical (unpaired) electrons. The molecule has 0 aliphatic carbocycles. The molecule has 154 valence electrons. The predicted molar refractivity (Wildman–Crippen MR) is 117 cm³/mol. The van der Waals surface area contributed by atoms with Gasteiger partial charge in [-0.1, -0.05) is 23.8 Å². The van der Waals surface area contributed by atoms with Crippen LogP contribution in [-0.4, -0.2) is 39.6 Å². The molecule has 1 aliphatic rings. The van der Waals surface area contributed by atoms with Gasteiger partial charge in [0.2, 0.25) is 5.91 Å². The minimum atomic E-state index is -0.219. The lowest BCUT2D eigenvalue weighted by Gasteiger charge is -2.32. The maximum atomic E-state index is 12.9. The topological polar surface area (TPSA) is 67.2 Å². The summed E-state index contributed by atoms with van der Waals surface area (Å²) in [6.07, 6.45) is 3.35. The maximum absolute atomic E-state index is 12.9. The Morgan fingerprint density at radius 3 is 2.60 bits per heavy atom. The first-order valence-electron chi connectivity index (χ1n) is 10.3. The van der Waals surface area contributed by atoms with Crippen molar-refractivity contribution in [3.8, 4) is 5.69 Å². The number of aryl methyl sites for hydroxylation is 2. The van der Waals surface area contributed by atoms with Gasteiger partial charge in [0.25, 0.3) is 5.91 Å². The number of rotatable bonds is 4. The van der Waals surface area contributed by atoms with Gasteiger partial charge in [0.05, 0.1) is 11.6 Å². The van der Waals surface area contributed by atoms with Gasteiger partial charge < -0.3 is 10.2 Å². The molecule has 4 rings (SSSR count). The number of amides is 2. The summed E-state index contributed by atoms with van der Waals surface area (Å²) in [5, 5.41) is 7.34. The number of anilines is 1. The number of benzene rings is 2. The van der Waals surface area contributed by atoms with Gasteiger partial charge in [0.1, 0.15) is 0 Å². The minimum Gasteiger partial charge on any atom is -0.338 e. The van der Waals surface area contributed by atoms with E-state index in [1.165, 1.54) is 0 Å². The highest BCUT2D eigenvalue weighted by Crippen LogP contribution is 2.22. The molecule has 2 aromatic carbocycles. The molecule has 1 fully saturated rings. The molecule has 0 spiro atoms. The number of carbonyl (C=O) groups is 2. The summed E-state index contributed by atoms with van der Waals surface area (Å²) in [6.45, 7) is 5.11. The summed E-state index contributed by atoms with van der Waals surface area (Å²) in [5.74, 6) is -0.280. The van der Waals surface area contributed by atoms with E-state index in [1.54, 1.807) is 11.1 Å². The van der Waals surface area contributed by atoms with Gasteiger partial charge >= 0.3 is 0 Å². The number of likely N-dealkylation sites (tertiary alicyclic amines) is 1. The summed E-state index contributed by atoms with van der Waals surface area (Å²) in [6, 6.07) is 17.2. The van der Waals surface area contributed by atoms with Crippen LogP contribution in [0.5, 0.6) is 0 Å². The summed E-state index contributed by atoms with van der Waals surface area (Å²) < 4.78 is 1.83. The van der Waals surface area contributed by atoms with E-state index < -0.39 is 0 Å². The van der Waals surface area contributed by atoms with Crippen LogP contribution in [0, 0.1) is 19.8 Å². The van der Waals surface area contributed by atoms with Gasteiger partial charge in [0, 0.05) is 36.2 Å². The SMILES string of the molecule is Cc1ccc(C(=O)N2CCCC(C(=O)Nc3cccc(-n4nccc4C)c3)C2)cc1. The van der Waals surface area contributed by atoms with E-state index in [1.807, 2.05) is 73.1 Å². The molecule has 6 nitrogen and oxygen atoms in total. The van der Waals surface area contributed by atoms with Crippen LogP contribution in [0.25, 0.3) is 5.69 Å². The second kappa shape index (κ2) is 8.53. The highest BCUT2D eigenvalue weighted by Gasteiger charge is 2.29. The first-order chi connectivity index (χ1) is 14.5. The normalized spacial score (nSPS) is 16.3.